The van der Waals surface area contributed by atoms with Crippen LogP contribution in [0.4, 0.5) is 0 Å². The Hall–Kier alpha value is -2.48. The van der Waals surface area contributed by atoms with E-state index in [2.05, 4.69) is 41.2 Å². The molecule has 0 aromatic heterocycles. The normalized spacial score (nSPS) is 16.5. The van der Waals surface area contributed by atoms with Gasteiger partial charge in [-0.05, 0) is 56.1 Å². The number of sulfonamides is 1. The third kappa shape index (κ3) is 5.36. The summed E-state index contributed by atoms with van der Waals surface area (Å²) in [5.41, 5.74) is 3.06. The van der Waals surface area contributed by atoms with Crippen molar-refractivity contribution in [3.05, 3.63) is 71.3 Å². The fourth-order valence-corrected chi connectivity index (χ4v) is 4.33. The largest absolute Gasteiger partial charge is 0.381 e. The van der Waals surface area contributed by atoms with E-state index in [1.807, 2.05) is 0 Å². The van der Waals surface area contributed by atoms with Gasteiger partial charge in [0, 0.05) is 31.2 Å². The van der Waals surface area contributed by atoms with Gasteiger partial charge in [0.15, 0.2) is 0 Å². The smallest absolute Gasteiger partial charge is 0.244 e. The molecule has 2 aromatic rings. The molecule has 3 rings (SSSR count). The van der Waals surface area contributed by atoms with Crippen molar-refractivity contribution in [3.8, 4) is 0 Å². The van der Waals surface area contributed by atoms with Crippen LogP contribution in [0.1, 0.15) is 29.5 Å². The number of aryl methyl sites for hydroxylation is 1. The molecule has 1 fully saturated rings. The summed E-state index contributed by atoms with van der Waals surface area (Å²) in [6.45, 7) is 3.97. The molecule has 0 spiro atoms. The lowest BCUT2D eigenvalue weighted by Gasteiger charge is -2.38. The number of rotatable bonds is 7. The van der Waals surface area contributed by atoms with Crippen LogP contribution in [0.5, 0.6) is 0 Å². The molecule has 160 valence electrons. The zero-order valence-corrected chi connectivity index (χ0v) is 18.2. The maximum absolute atomic E-state index is 12.4. The van der Waals surface area contributed by atoms with Gasteiger partial charge >= 0.3 is 0 Å². The highest BCUT2D eigenvalue weighted by atomic mass is 32.2. The Morgan fingerprint density at radius 2 is 1.70 bits per heavy atom. The lowest BCUT2D eigenvalue weighted by Crippen LogP contribution is -2.44. The van der Waals surface area contributed by atoms with Gasteiger partial charge in [-0.1, -0.05) is 42.0 Å². The van der Waals surface area contributed by atoms with Gasteiger partial charge in [-0.15, -0.1) is 0 Å². The lowest BCUT2D eigenvalue weighted by atomic mass is 9.74. The average Bonchev–Trinajstić information content (AvgIpc) is 2.77. The Morgan fingerprint density at radius 3 is 2.30 bits per heavy atom. The number of carbonyl (C=O) groups is 1. The predicted octanol–water partition coefficient (Wildman–Crippen LogP) is 2.78. The van der Waals surface area contributed by atoms with E-state index in [1.54, 1.807) is 18.2 Å². The molecule has 2 N–H and O–H groups in total. The highest BCUT2D eigenvalue weighted by Crippen LogP contribution is 2.34. The number of hydrogen-bond acceptors (Lipinski definition) is 4. The highest BCUT2D eigenvalue weighted by molar-refractivity contribution is 7.89. The van der Waals surface area contributed by atoms with Crippen molar-refractivity contribution in [3.63, 3.8) is 0 Å². The summed E-state index contributed by atoms with van der Waals surface area (Å²) in [7, 11) is -2.10. The summed E-state index contributed by atoms with van der Waals surface area (Å²) in [6, 6.07) is 14.8. The molecule has 30 heavy (non-hydrogen) atoms. The van der Waals surface area contributed by atoms with Crippen LogP contribution in [-0.4, -0.2) is 41.1 Å². The second kappa shape index (κ2) is 9.55. The number of nitrogens with one attached hydrogen (secondary N) is 2. The second-order valence-electron chi connectivity index (χ2n) is 7.59. The zero-order chi connectivity index (χ0) is 21.6. The quantitative estimate of drug-likeness (QED) is 0.664. The van der Waals surface area contributed by atoms with Crippen molar-refractivity contribution in [2.45, 2.75) is 30.1 Å². The molecule has 0 aliphatic carbocycles. The lowest BCUT2D eigenvalue weighted by molar-refractivity contribution is -0.116. The Bertz CT molecular complexity index is 991. The van der Waals surface area contributed by atoms with Crippen LogP contribution in [0.25, 0.3) is 6.08 Å². The van der Waals surface area contributed by atoms with E-state index in [-0.39, 0.29) is 16.2 Å². The zero-order valence-electron chi connectivity index (χ0n) is 17.4. The molecule has 0 radical (unpaired) electrons. The van der Waals surface area contributed by atoms with Gasteiger partial charge in [-0.2, -0.15) is 0 Å². The van der Waals surface area contributed by atoms with Crippen LogP contribution in [0, 0.1) is 6.92 Å². The van der Waals surface area contributed by atoms with Gasteiger partial charge in [0.1, 0.15) is 0 Å². The topological polar surface area (TPSA) is 84.5 Å². The fraction of sp³-hybridized carbons (Fsp3) is 0.348. The van der Waals surface area contributed by atoms with Crippen molar-refractivity contribution in [2.24, 2.45) is 0 Å². The van der Waals surface area contributed by atoms with Crippen LogP contribution in [0.15, 0.2) is 59.5 Å². The number of hydrogen-bond donors (Lipinski definition) is 2. The molecule has 6 nitrogen and oxygen atoms in total. The van der Waals surface area contributed by atoms with Crippen molar-refractivity contribution in [2.75, 3.05) is 26.8 Å². The summed E-state index contributed by atoms with van der Waals surface area (Å²) in [6.07, 6.45) is 4.88. The van der Waals surface area contributed by atoms with Crippen LogP contribution in [-0.2, 0) is 25.0 Å². The van der Waals surface area contributed by atoms with E-state index >= 15 is 0 Å². The number of benzene rings is 2. The van der Waals surface area contributed by atoms with Crippen molar-refractivity contribution < 1.29 is 17.9 Å². The van der Waals surface area contributed by atoms with Gasteiger partial charge in [-0.25, -0.2) is 13.1 Å². The van der Waals surface area contributed by atoms with E-state index in [4.69, 9.17) is 4.74 Å². The third-order valence-corrected chi connectivity index (χ3v) is 7.03. The first-order valence-electron chi connectivity index (χ1n) is 9.99. The van der Waals surface area contributed by atoms with E-state index in [1.165, 1.54) is 36.4 Å². The van der Waals surface area contributed by atoms with Gasteiger partial charge < -0.3 is 10.1 Å². The monoisotopic (exact) mass is 428 g/mol. The SMILES string of the molecule is CNS(=O)(=O)c1ccc(C=CC(=O)NCC2(c3ccc(C)cc3)CCOCC2)cc1. The predicted molar refractivity (Wildman–Crippen MR) is 118 cm³/mol. The van der Waals surface area contributed by atoms with E-state index < -0.39 is 10.0 Å². The minimum absolute atomic E-state index is 0.126. The molecule has 7 heteroatoms. The summed E-state index contributed by atoms with van der Waals surface area (Å²) in [5, 5.41) is 3.03. The molecule has 0 unspecified atom stereocenters. The minimum atomic E-state index is -3.47. The van der Waals surface area contributed by atoms with Crippen LogP contribution in [0.2, 0.25) is 0 Å². The van der Waals surface area contributed by atoms with Crippen molar-refractivity contribution in [1.29, 1.82) is 0 Å². The van der Waals surface area contributed by atoms with Crippen LogP contribution in [0.3, 0.4) is 0 Å². The van der Waals surface area contributed by atoms with Gasteiger partial charge in [-0.3, -0.25) is 4.79 Å². The molecular formula is C23H28N2O4S. The molecule has 2 aromatic carbocycles. The van der Waals surface area contributed by atoms with E-state index in [0.717, 1.165) is 18.4 Å². The number of ether oxygens (including phenoxy) is 1. The summed E-state index contributed by atoms with van der Waals surface area (Å²) in [5.74, 6) is -0.181. The number of carbonyl (C=O) groups excluding carboxylic acids is 1. The van der Waals surface area contributed by atoms with Gasteiger partial charge in [0.2, 0.25) is 15.9 Å². The van der Waals surface area contributed by atoms with Gasteiger partial charge in [0.05, 0.1) is 4.90 Å². The molecule has 1 amide bonds. The average molecular weight is 429 g/mol. The first-order valence-corrected chi connectivity index (χ1v) is 11.5. The molecule has 0 saturated carbocycles. The second-order valence-corrected chi connectivity index (χ2v) is 9.47. The maximum Gasteiger partial charge on any atom is 0.244 e. The molecular weight excluding hydrogens is 400 g/mol. The van der Waals surface area contributed by atoms with Crippen LogP contribution >= 0.6 is 0 Å². The first kappa shape index (κ1) is 22.2. The summed E-state index contributed by atoms with van der Waals surface area (Å²) in [4.78, 5) is 12.6. The summed E-state index contributed by atoms with van der Waals surface area (Å²) >= 11 is 0. The molecule has 0 atom stereocenters. The first-order chi connectivity index (χ1) is 14.3. The number of amides is 1. The van der Waals surface area contributed by atoms with Crippen LogP contribution < -0.4 is 10.0 Å². The Morgan fingerprint density at radius 1 is 1.07 bits per heavy atom. The molecule has 1 aliphatic rings. The highest BCUT2D eigenvalue weighted by Gasteiger charge is 2.34. The fourth-order valence-electron chi connectivity index (χ4n) is 3.60. The van der Waals surface area contributed by atoms with Crippen molar-refractivity contribution in [1.82, 2.24) is 10.0 Å². The molecule has 1 saturated heterocycles. The third-order valence-electron chi connectivity index (χ3n) is 5.60. The maximum atomic E-state index is 12.4. The van der Waals surface area contributed by atoms with Crippen molar-refractivity contribution >= 4 is 22.0 Å². The van der Waals surface area contributed by atoms with E-state index in [9.17, 15) is 13.2 Å². The summed E-state index contributed by atoms with van der Waals surface area (Å²) < 4.78 is 31.4. The Balaban J connectivity index is 1.65. The molecule has 0 bridgehead atoms. The standard InChI is InChI=1S/C23H28N2O4S/c1-18-3-8-20(9-4-18)23(13-15-29-16-14-23)17-25-22(26)12-7-19-5-10-21(11-6-19)30(27,28)24-2/h3-12,24H,13-17H2,1-2H3,(H,25,26). The molecule has 1 aliphatic heterocycles. The Kier molecular flexibility index (Phi) is 7.07. The van der Waals surface area contributed by atoms with Gasteiger partial charge in [0.25, 0.3) is 0 Å². The Labute approximate surface area is 178 Å². The minimum Gasteiger partial charge on any atom is -0.381 e. The molecule has 1 heterocycles. The van der Waals surface area contributed by atoms with E-state index in [0.29, 0.717) is 19.8 Å².